The van der Waals surface area contributed by atoms with Gasteiger partial charge in [-0.1, -0.05) is 6.08 Å². The van der Waals surface area contributed by atoms with Gasteiger partial charge in [-0.2, -0.15) is 0 Å². The van der Waals surface area contributed by atoms with Gasteiger partial charge >= 0.3 is 5.97 Å². The summed E-state index contributed by atoms with van der Waals surface area (Å²) in [5.41, 5.74) is 0.894. The minimum atomic E-state index is -0.991. The molecule has 5 rings (SSSR count). The number of benzene rings is 1. The Morgan fingerprint density at radius 1 is 1.32 bits per heavy atom. The molecule has 3 aliphatic rings. The Bertz CT molecular complexity index is 1130. The minimum absolute atomic E-state index is 0.107. The van der Waals surface area contributed by atoms with Crippen molar-refractivity contribution < 1.29 is 23.8 Å². The van der Waals surface area contributed by atoms with Crippen molar-refractivity contribution in [1.82, 2.24) is 15.6 Å². The Morgan fingerprint density at radius 3 is 2.82 bits per heavy atom. The van der Waals surface area contributed by atoms with Crippen LogP contribution in [0.15, 0.2) is 36.9 Å². The maximum absolute atomic E-state index is 13.0. The molecule has 1 aromatic carbocycles. The zero-order valence-electron chi connectivity index (χ0n) is 19.6. The first kappa shape index (κ1) is 22.7. The highest BCUT2D eigenvalue weighted by Crippen LogP contribution is 2.46. The van der Waals surface area contributed by atoms with Crippen LogP contribution in [0.3, 0.4) is 0 Å². The summed E-state index contributed by atoms with van der Waals surface area (Å²) in [6.45, 7) is 6.34. The number of nitrogens with zero attached hydrogens (tertiary/aromatic N) is 1. The fourth-order valence-corrected chi connectivity index (χ4v) is 4.75. The first-order valence-corrected chi connectivity index (χ1v) is 12.0. The molecular formula is C26H31N3O5. The summed E-state index contributed by atoms with van der Waals surface area (Å²) in [6.07, 6.45) is 4.83. The van der Waals surface area contributed by atoms with E-state index in [4.69, 9.17) is 19.2 Å². The number of carbonyl (C=O) groups is 2. The first-order valence-electron chi connectivity index (χ1n) is 12.0. The summed E-state index contributed by atoms with van der Waals surface area (Å²) in [4.78, 5) is 30.3. The lowest BCUT2D eigenvalue weighted by Crippen LogP contribution is -2.51. The van der Waals surface area contributed by atoms with Crippen molar-refractivity contribution in [2.24, 2.45) is 5.92 Å². The van der Waals surface area contributed by atoms with Crippen LogP contribution in [0.2, 0.25) is 0 Å². The monoisotopic (exact) mass is 465 g/mol. The fraction of sp³-hybridized carbons (Fsp3) is 0.500. The summed E-state index contributed by atoms with van der Waals surface area (Å²) >= 11 is 0. The van der Waals surface area contributed by atoms with Gasteiger partial charge in [-0.3, -0.25) is 9.78 Å². The molecule has 0 unspecified atom stereocenters. The highest BCUT2D eigenvalue weighted by atomic mass is 16.5. The zero-order chi connectivity index (χ0) is 23.9. The topological polar surface area (TPSA) is 98.8 Å². The number of amides is 1. The molecule has 180 valence electrons. The van der Waals surface area contributed by atoms with Gasteiger partial charge in [-0.15, -0.1) is 6.58 Å². The van der Waals surface area contributed by atoms with Gasteiger partial charge in [-0.25, -0.2) is 4.79 Å². The molecule has 2 aromatic rings. The number of hydrogen-bond acceptors (Lipinski definition) is 7. The third kappa shape index (κ3) is 4.22. The van der Waals surface area contributed by atoms with E-state index in [1.165, 1.54) is 0 Å². The molecule has 2 saturated carbocycles. The highest BCUT2D eigenvalue weighted by Gasteiger charge is 2.61. The number of ether oxygens (including phenoxy) is 3. The maximum Gasteiger partial charge on any atom is 0.332 e. The molecule has 0 radical (unpaired) electrons. The van der Waals surface area contributed by atoms with Crippen molar-refractivity contribution in [1.29, 1.82) is 0 Å². The van der Waals surface area contributed by atoms with Gasteiger partial charge in [0, 0.05) is 48.0 Å². The molecule has 1 aromatic heterocycles. The van der Waals surface area contributed by atoms with E-state index in [2.05, 4.69) is 17.2 Å². The van der Waals surface area contributed by atoms with E-state index < -0.39 is 17.6 Å². The molecule has 2 aliphatic carbocycles. The smallest absolute Gasteiger partial charge is 0.332 e. The summed E-state index contributed by atoms with van der Waals surface area (Å²) in [7, 11) is 1.64. The van der Waals surface area contributed by atoms with E-state index in [0.717, 1.165) is 40.9 Å². The Labute approximate surface area is 199 Å². The van der Waals surface area contributed by atoms with Crippen LogP contribution in [0, 0.1) is 5.92 Å². The average molecular weight is 466 g/mol. The van der Waals surface area contributed by atoms with E-state index in [9.17, 15) is 9.59 Å². The Morgan fingerprint density at radius 2 is 2.15 bits per heavy atom. The fourth-order valence-electron chi connectivity index (χ4n) is 4.75. The van der Waals surface area contributed by atoms with Crippen molar-refractivity contribution >= 4 is 22.8 Å². The predicted molar refractivity (Wildman–Crippen MR) is 127 cm³/mol. The molecule has 1 saturated heterocycles. The molecule has 0 bridgehead atoms. The number of fused-ring (bicyclic) bond motifs is 1. The average Bonchev–Trinajstić information content (AvgIpc) is 3.76. The number of rotatable bonds is 9. The number of aromatic nitrogens is 1. The van der Waals surface area contributed by atoms with Gasteiger partial charge in [0.05, 0.1) is 25.3 Å². The van der Waals surface area contributed by atoms with Crippen LogP contribution in [0.5, 0.6) is 11.5 Å². The van der Waals surface area contributed by atoms with Crippen LogP contribution in [-0.4, -0.2) is 54.8 Å². The van der Waals surface area contributed by atoms with E-state index in [1.54, 1.807) is 20.1 Å². The summed E-state index contributed by atoms with van der Waals surface area (Å²) in [6, 6.07) is 7.38. The Balaban J connectivity index is 1.29. The molecule has 1 aliphatic heterocycles. The second-order valence-electron chi connectivity index (χ2n) is 9.37. The van der Waals surface area contributed by atoms with Crippen molar-refractivity contribution in [2.75, 3.05) is 20.3 Å². The molecule has 1 amide bonds. The molecule has 2 N–H and O–H groups in total. The lowest BCUT2D eigenvalue weighted by atomic mass is 10.1. The molecule has 0 spiro atoms. The number of esters is 1. The lowest BCUT2D eigenvalue weighted by molar-refractivity contribution is -0.149. The van der Waals surface area contributed by atoms with Crippen LogP contribution >= 0.6 is 0 Å². The third-order valence-corrected chi connectivity index (χ3v) is 6.98. The lowest BCUT2D eigenvalue weighted by Gasteiger charge is -2.20. The molecule has 2 heterocycles. The Kier molecular flexibility index (Phi) is 5.93. The van der Waals surface area contributed by atoms with E-state index >= 15 is 0 Å². The zero-order valence-corrected chi connectivity index (χ0v) is 19.6. The molecule has 3 fully saturated rings. The summed E-state index contributed by atoms with van der Waals surface area (Å²) in [5, 5.41) is 7.10. The normalized spacial score (nSPS) is 27.8. The number of hydrogen-bond donors (Lipinski definition) is 2. The molecular weight excluding hydrogens is 434 g/mol. The second kappa shape index (κ2) is 8.91. The summed E-state index contributed by atoms with van der Waals surface area (Å²) in [5.74, 6) is 1.29. The molecule has 34 heavy (non-hydrogen) atoms. The molecule has 8 heteroatoms. The predicted octanol–water partition coefficient (Wildman–Crippen LogP) is 2.85. The van der Waals surface area contributed by atoms with Gasteiger partial charge in [0.2, 0.25) is 5.91 Å². The van der Waals surface area contributed by atoms with Gasteiger partial charge in [0.1, 0.15) is 23.1 Å². The third-order valence-electron chi connectivity index (χ3n) is 6.98. The van der Waals surface area contributed by atoms with Crippen molar-refractivity contribution in [3.8, 4) is 11.5 Å². The van der Waals surface area contributed by atoms with Crippen LogP contribution in [0.4, 0.5) is 0 Å². The van der Waals surface area contributed by atoms with Gasteiger partial charge in [0.25, 0.3) is 0 Å². The molecule has 4 atom stereocenters. The van der Waals surface area contributed by atoms with Crippen LogP contribution < -0.4 is 20.1 Å². The van der Waals surface area contributed by atoms with Crippen molar-refractivity contribution in [3.05, 3.63) is 42.6 Å². The van der Waals surface area contributed by atoms with Crippen LogP contribution in [-0.2, 0) is 14.3 Å². The van der Waals surface area contributed by atoms with Gasteiger partial charge < -0.3 is 24.8 Å². The van der Waals surface area contributed by atoms with E-state index in [1.807, 2.05) is 24.3 Å². The number of methoxy groups -OCH3 is 1. The second-order valence-corrected chi connectivity index (χ2v) is 9.37. The summed E-state index contributed by atoms with van der Waals surface area (Å²) < 4.78 is 17.0. The van der Waals surface area contributed by atoms with Crippen LogP contribution in [0.25, 0.3) is 10.9 Å². The van der Waals surface area contributed by atoms with Crippen molar-refractivity contribution in [2.45, 2.75) is 56.2 Å². The van der Waals surface area contributed by atoms with E-state index in [0.29, 0.717) is 25.3 Å². The standard InChI is InChI=1S/C26H31N3O5/c1-4-16-13-26(16,25(31)33-5-2)29-24(30)22-11-18(14-27-22)34-23-12-20(15-6-7-15)28-21-10-17(32-3)8-9-19(21)23/h4,8-10,12,15-16,18,22,27H,1,5-7,11,13-14H2,2-3H3,(H,29,30)/t16-,18-,22+,26-/m1/s1. The maximum atomic E-state index is 13.0. The highest BCUT2D eigenvalue weighted by molar-refractivity contribution is 5.93. The van der Waals surface area contributed by atoms with Gasteiger partial charge in [-0.05, 0) is 38.3 Å². The largest absolute Gasteiger partial charge is 0.497 e. The minimum Gasteiger partial charge on any atom is -0.497 e. The number of nitrogens with one attached hydrogen (secondary N) is 2. The SMILES string of the molecule is C=C[C@@H]1C[C@]1(NC(=O)[C@@H]1C[C@@H](Oc2cc(C3CC3)nc3cc(OC)ccc23)CN1)C(=O)OCC. The first-order chi connectivity index (χ1) is 16.5. The molecule has 8 nitrogen and oxygen atoms in total. The number of pyridine rings is 1. The quantitative estimate of drug-likeness (QED) is 0.434. The Hall–Kier alpha value is -3.13. The van der Waals surface area contributed by atoms with E-state index in [-0.39, 0.29) is 24.5 Å². The number of carbonyl (C=O) groups excluding carboxylic acids is 2. The van der Waals surface area contributed by atoms with Crippen LogP contribution in [0.1, 0.15) is 44.2 Å². The van der Waals surface area contributed by atoms with Gasteiger partial charge in [0.15, 0.2) is 0 Å². The van der Waals surface area contributed by atoms with Crippen molar-refractivity contribution in [3.63, 3.8) is 0 Å².